The summed E-state index contributed by atoms with van der Waals surface area (Å²) in [4.78, 5) is 12.4. The molecule has 4 rings (SSSR count). The molecule has 29 heavy (non-hydrogen) atoms. The van der Waals surface area contributed by atoms with Crippen LogP contribution in [0.5, 0.6) is 0 Å². The van der Waals surface area contributed by atoms with Gasteiger partial charge in [0.05, 0.1) is 5.75 Å². The lowest BCUT2D eigenvalue weighted by Gasteiger charge is -2.11. The molecule has 0 atom stereocenters. The SMILES string of the molecule is Cc1ccc(-n2c(SCC(=O)Nc3ccccc3)nnc2-c2ccccc2)cc1. The first-order chi connectivity index (χ1) is 14.2. The van der Waals surface area contributed by atoms with Crippen molar-refractivity contribution in [2.75, 3.05) is 11.1 Å². The van der Waals surface area contributed by atoms with Gasteiger partial charge >= 0.3 is 0 Å². The van der Waals surface area contributed by atoms with Crippen LogP contribution < -0.4 is 5.32 Å². The van der Waals surface area contributed by atoms with E-state index in [1.54, 1.807) is 0 Å². The lowest BCUT2D eigenvalue weighted by Crippen LogP contribution is -2.14. The third-order valence-electron chi connectivity index (χ3n) is 4.35. The molecule has 4 aromatic rings. The van der Waals surface area contributed by atoms with Gasteiger partial charge in [0.25, 0.3) is 0 Å². The highest BCUT2D eigenvalue weighted by molar-refractivity contribution is 7.99. The molecule has 0 bridgehead atoms. The Hall–Kier alpha value is -3.38. The van der Waals surface area contributed by atoms with E-state index < -0.39 is 0 Å². The number of carbonyl (C=O) groups excluding carboxylic acids is 1. The number of rotatable bonds is 6. The van der Waals surface area contributed by atoms with Crippen molar-refractivity contribution in [2.24, 2.45) is 0 Å². The Morgan fingerprint density at radius 2 is 1.55 bits per heavy atom. The molecule has 0 saturated carbocycles. The minimum absolute atomic E-state index is 0.0825. The molecule has 1 aromatic heterocycles. The number of nitrogens with one attached hydrogen (secondary N) is 1. The quantitative estimate of drug-likeness (QED) is 0.464. The maximum atomic E-state index is 12.4. The molecule has 0 fully saturated rings. The molecular formula is C23H20N4OS. The van der Waals surface area contributed by atoms with Crippen LogP contribution in [0.2, 0.25) is 0 Å². The Kier molecular flexibility index (Phi) is 5.72. The first-order valence-electron chi connectivity index (χ1n) is 9.26. The Morgan fingerprint density at radius 3 is 2.24 bits per heavy atom. The van der Waals surface area contributed by atoms with Crippen molar-refractivity contribution < 1.29 is 4.79 Å². The second kappa shape index (κ2) is 8.75. The van der Waals surface area contributed by atoms with E-state index in [1.165, 1.54) is 17.3 Å². The van der Waals surface area contributed by atoms with Crippen LogP contribution in [-0.2, 0) is 4.79 Å². The molecule has 1 heterocycles. The largest absolute Gasteiger partial charge is 0.325 e. The van der Waals surface area contributed by atoms with E-state index >= 15 is 0 Å². The molecule has 0 aliphatic carbocycles. The second-order valence-electron chi connectivity index (χ2n) is 6.55. The maximum absolute atomic E-state index is 12.4. The molecule has 1 N–H and O–H groups in total. The van der Waals surface area contributed by atoms with Crippen molar-refractivity contribution >= 4 is 23.4 Å². The summed E-state index contributed by atoms with van der Waals surface area (Å²) in [6.07, 6.45) is 0. The Bertz CT molecular complexity index is 1090. The molecule has 0 unspecified atom stereocenters. The van der Waals surface area contributed by atoms with Crippen LogP contribution in [0, 0.1) is 6.92 Å². The van der Waals surface area contributed by atoms with Crippen LogP contribution in [0.3, 0.4) is 0 Å². The molecule has 0 radical (unpaired) electrons. The highest BCUT2D eigenvalue weighted by atomic mass is 32.2. The van der Waals surface area contributed by atoms with Gasteiger partial charge in [-0.15, -0.1) is 10.2 Å². The number of anilines is 1. The summed E-state index contributed by atoms with van der Waals surface area (Å²) >= 11 is 1.37. The van der Waals surface area contributed by atoms with E-state index in [0.29, 0.717) is 5.16 Å². The van der Waals surface area contributed by atoms with Crippen molar-refractivity contribution in [3.05, 3.63) is 90.5 Å². The number of carbonyl (C=O) groups is 1. The minimum Gasteiger partial charge on any atom is -0.325 e. The highest BCUT2D eigenvalue weighted by Crippen LogP contribution is 2.28. The fraction of sp³-hybridized carbons (Fsp3) is 0.0870. The zero-order valence-corrected chi connectivity index (χ0v) is 16.8. The number of aromatic nitrogens is 3. The standard InChI is InChI=1S/C23H20N4OS/c1-17-12-14-20(15-13-17)27-22(18-8-4-2-5-9-18)25-26-23(27)29-16-21(28)24-19-10-6-3-7-11-19/h2-15H,16H2,1H3,(H,24,28). The average molecular weight is 401 g/mol. The number of hydrogen-bond acceptors (Lipinski definition) is 4. The van der Waals surface area contributed by atoms with Gasteiger partial charge in [-0.2, -0.15) is 0 Å². The first-order valence-corrected chi connectivity index (χ1v) is 10.2. The number of para-hydroxylation sites is 1. The molecule has 0 aliphatic rings. The molecule has 3 aromatic carbocycles. The van der Waals surface area contributed by atoms with Gasteiger partial charge in [0.15, 0.2) is 11.0 Å². The summed E-state index contributed by atoms with van der Waals surface area (Å²) in [6.45, 7) is 2.05. The van der Waals surface area contributed by atoms with Crippen LogP contribution in [0.1, 0.15) is 5.56 Å². The molecule has 0 saturated heterocycles. The third-order valence-corrected chi connectivity index (χ3v) is 5.28. The minimum atomic E-state index is -0.0825. The van der Waals surface area contributed by atoms with Crippen LogP contribution in [-0.4, -0.2) is 26.4 Å². The van der Waals surface area contributed by atoms with Crippen LogP contribution in [0.4, 0.5) is 5.69 Å². The number of thioether (sulfide) groups is 1. The zero-order valence-electron chi connectivity index (χ0n) is 15.9. The second-order valence-corrected chi connectivity index (χ2v) is 7.49. The fourth-order valence-electron chi connectivity index (χ4n) is 2.91. The molecule has 144 valence electrons. The Balaban J connectivity index is 1.60. The number of nitrogens with zero attached hydrogens (tertiary/aromatic N) is 3. The number of aryl methyl sites for hydroxylation is 1. The lowest BCUT2D eigenvalue weighted by molar-refractivity contribution is -0.113. The first kappa shape index (κ1) is 19.0. The summed E-state index contributed by atoms with van der Waals surface area (Å²) in [5, 5.41) is 12.4. The fourth-order valence-corrected chi connectivity index (χ4v) is 3.66. The van der Waals surface area contributed by atoms with Gasteiger partial charge in [0.2, 0.25) is 5.91 Å². The predicted octanol–water partition coefficient (Wildman–Crippen LogP) is 4.97. The van der Waals surface area contributed by atoms with Gasteiger partial charge in [0, 0.05) is 16.9 Å². The summed E-state index contributed by atoms with van der Waals surface area (Å²) in [5.74, 6) is 0.912. The molecule has 6 heteroatoms. The number of amides is 1. The van der Waals surface area contributed by atoms with Crippen molar-refractivity contribution in [1.82, 2.24) is 14.8 Å². The predicted molar refractivity (Wildman–Crippen MR) is 117 cm³/mol. The van der Waals surface area contributed by atoms with E-state index in [1.807, 2.05) is 77.4 Å². The van der Waals surface area contributed by atoms with Crippen LogP contribution >= 0.6 is 11.8 Å². The van der Waals surface area contributed by atoms with Crippen molar-refractivity contribution in [2.45, 2.75) is 12.1 Å². The van der Waals surface area contributed by atoms with E-state index in [-0.39, 0.29) is 11.7 Å². The van der Waals surface area contributed by atoms with Crippen molar-refractivity contribution in [1.29, 1.82) is 0 Å². The van der Waals surface area contributed by atoms with E-state index in [4.69, 9.17) is 0 Å². The zero-order chi connectivity index (χ0) is 20.1. The van der Waals surface area contributed by atoms with Gasteiger partial charge in [0.1, 0.15) is 0 Å². The molecule has 0 spiro atoms. The Morgan fingerprint density at radius 1 is 0.897 bits per heavy atom. The number of benzene rings is 3. The molecule has 5 nitrogen and oxygen atoms in total. The van der Waals surface area contributed by atoms with E-state index in [2.05, 4.69) is 34.6 Å². The van der Waals surface area contributed by atoms with E-state index in [0.717, 1.165) is 22.8 Å². The van der Waals surface area contributed by atoms with Crippen LogP contribution in [0.25, 0.3) is 17.1 Å². The summed E-state index contributed by atoms with van der Waals surface area (Å²) in [6, 6.07) is 27.6. The van der Waals surface area contributed by atoms with Gasteiger partial charge < -0.3 is 5.32 Å². The third kappa shape index (κ3) is 4.55. The smallest absolute Gasteiger partial charge is 0.234 e. The van der Waals surface area contributed by atoms with Gasteiger partial charge in [-0.3, -0.25) is 9.36 Å². The molecule has 1 amide bonds. The van der Waals surface area contributed by atoms with E-state index in [9.17, 15) is 4.79 Å². The summed E-state index contributed by atoms with van der Waals surface area (Å²) in [5.41, 5.74) is 3.90. The molecule has 0 aliphatic heterocycles. The summed E-state index contributed by atoms with van der Waals surface area (Å²) in [7, 11) is 0. The lowest BCUT2D eigenvalue weighted by atomic mass is 10.2. The normalized spacial score (nSPS) is 10.7. The average Bonchev–Trinajstić information content (AvgIpc) is 3.18. The monoisotopic (exact) mass is 400 g/mol. The van der Waals surface area contributed by atoms with Crippen molar-refractivity contribution in [3.63, 3.8) is 0 Å². The Labute approximate surface area is 173 Å². The molecular weight excluding hydrogens is 380 g/mol. The topological polar surface area (TPSA) is 59.8 Å². The van der Waals surface area contributed by atoms with Gasteiger partial charge in [-0.25, -0.2) is 0 Å². The highest BCUT2D eigenvalue weighted by Gasteiger charge is 2.17. The van der Waals surface area contributed by atoms with Crippen molar-refractivity contribution in [3.8, 4) is 17.1 Å². The van der Waals surface area contributed by atoms with Crippen LogP contribution in [0.15, 0.2) is 90.1 Å². The van der Waals surface area contributed by atoms with Gasteiger partial charge in [-0.1, -0.05) is 78.0 Å². The number of hydrogen-bond donors (Lipinski definition) is 1. The maximum Gasteiger partial charge on any atom is 0.234 e. The summed E-state index contributed by atoms with van der Waals surface area (Å²) < 4.78 is 2.00. The van der Waals surface area contributed by atoms with Gasteiger partial charge in [-0.05, 0) is 31.2 Å².